The summed E-state index contributed by atoms with van der Waals surface area (Å²) in [6.07, 6.45) is 4.97. The number of nitrogens with two attached hydrogens (primary N) is 1. The Bertz CT molecular complexity index is 1230. The number of nitrogens with zero attached hydrogens (tertiary/aromatic N) is 3. The molecule has 1 saturated heterocycles. The monoisotopic (exact) mass is 544 g/mol. The van der Waals surface area contributed by atoms with Gasteiger partial charge in [-0.25, -0.2) is 9.97 Å². The summed E-state index contributed by atoms with van der Waals surface area (Å²) in [6.45, 7) is 2.56. The van der Waals surface area contributed by atoms with E-state index in [2.05, 4.69) is 14.9 Å². The van der Waals surface area contributed by atoms with Crippen LogP contribution in [0.5, 0.6) is 17.5 Å². The molecule has 196 valence electrons. The molecule has 0 bridgehead atoms. The number of hydrogen-bond acceptors (Lipinski definition) is 7. The summed E-state index contributed by atoms with van der Waals surface area (Å²) in [6, 6.07) is 11.3. The zero-order valence-electron chi connectivity index (χ0n) is 20.8. The molecule has 4 rings (SSSR count). The molecule has 3 aromatic rings. The van der Waals surface area contributed by atoms with Gasteiger partial charge in [0, 0.05) is 31.0 Å². The van der Waals surface area contributed by atoms with E-state index in [0.717, 1.165) is 49.2 Å². The molecule has 1 aliphatic heterocycles. The maximum absolute atomic E-state index is 12.2. The number of likely N-dealkylation sites (tertiary alicyclic amines) is 1. The van der Waals surface area contributed by atoms with Crippen molar-refractivity contribution in [2.24, 2.45) is 11.7 Å². The van der Waals surface area contributed by atoms with Crippen molar-refractivity contribution < 1.29 is 19.0 Å². The minimum absolute atomic E-state index is 0.108. The number of carbonyl (C=O) groups excluding carboxylic acids is 1. The first-order chi connectivity index (χ1) is 17.9. The van der Waals surface area contributed by atoms with Crippen molar-refractivity contribution in [1.82, 2.24) is 14.9 Å². The Morgan fingerprint density at radius 3 is 2.49 bits per heavy atom. The lowest BCUT2D eigenvalue weighted by Gasteiger charge is -2.34. The lowest BCUT2D eigenvalue weighted by Crippen LogP contribution is -2.41. The third kappa shape index (κ3) is 7.03. The zero-order chi connectivity index (χ0) is 26.4. The van der Waals surface area contributed by atoms with Gasteiger partial charge in [0.25, 0.3) is 5.91 Å². The maximum Gasteiger partial charge on any atom is 0.317 e. The molecule has 10 heteroatoms. The predicted octanol–water partition coefficient (Wildman–Crippen LogP) is 5.00. The molecule has 2 atom stereocenters. The van der Waals surface area contributed by atoms with E-state index in [9.17, 15) is 4.79 Å². The minimum Gasteiger partial charge on any atom is -0.493 e. The van der Waals surface area contributed by atoms with Crippen LogP contribution >= 0.6 is 23.2 Å². The number of hydrogen-bond donors (Lipinski definition) is 1. The predicted molar refractivity (Wildman–Crippen MR) is 143 cm³/mol. The fraction of sp³-hybridized carbons (Fsp3) is 0.370. The number of aromatic nitrogens is 2. The summed E-state index contributed by atoms with van der Waals surface area (Å²) in [7, 11) is 3.17. The molecule has 2 unspecified atom stereocenters. The first kappa shape index (κ1) is 27.0. The van der Waals surface area contributed by atoms with Crippen LogP contribution < -0.4 is 19.9 Å². The van der Waals surface area contributed by atoms with Gasteiger partial charge in [-0.15, -0.1) is 0 Å². The Labute approximate surface area is 226 Å². The van der Waals surface area contributed by atoms with Gasteiger partial charge >= 0.3 is 6.01 Å². The van der Waals surface area contributed by atoms with Gasteiger partial charge in [-0.05, 0) is 67.1 Å². The van der Waals surface area contributed by atoms with Gasteiger partial charge < -0.3 is 19.9 Å². The molecule has 8 nitrogen and oxygen atoms in total. The van der Waals surface area contributed by atoms with E-state index in [4.69, 9.17) is 43.1 Å². The van der Waals surface area contributed by atoms with Crippen LogP contribution in [0.15, 0.2) is 48.8 Å². The van der Waals surface area contributed by atoms with E-state index in [0.29, 0.717) is 28.0 Å². The molecule has 1 aromatic heterocycles. The molecule has 1 fully saturated rings. The van der Waals surface area contributed by atoms with Gasteiger partial charge in [0.2, 0.25) is 0 Å². The van der Waals surface area contributed by atoms with Crippen molar-refractivity contribution in [3.63, 3.8) is 0 Å². The minimum atomic E-state index is -0.818. The van der Waals surface area contributed by atoms with Gasteiger partial charge in [0.05, 0.1) is 24.3 Å². The summed E-state index contributed by atoms with van der Waals surface area (Å²) in [5, 5.41) is 1.09. The Morgan fingerprint density at radius 1 is 1.05 bits per heavy atom. The molecule has 0 radical (unpaired) electrons. The first-order valence-electron chi connectivity index (χ1n) is 12.0. The smallest absolute Gasteiger partial charge is 0.317 e. The molecular formula is C27H30Cl2N4O4. The van der Waals surface area contributed by atoms with Crippen LogP contribution in [0.4, 0.5) is 0 Å². The number of amides is 1. The fourth-order valence-corrected chi connectivity index (χ4v) is 4.90. The molecule has 1 aliphatic rings. The van der Waals surface area contributed by atoms with E-state index in [-0.39, 0.29) is 11.9 Å². The average molecular weight is 545 g/mol. The highest BCUT2D eigenvalue weighted by atomic mass is 35.5. The molecule has 2 heterocycles. The third-order valence-electron chi connectivity index (χ3n) is 6.45. The summed E-state index contributed by atoms with van der Waals surface area (Å²) >= 11 is 12.2. The summed E-state index contributed by atoms with van der Waals surface area (Å²) in [4.78, 5) is 23.2. The molecule has 2 N–H and O–H groups in total. The van der Waals surface area contributed by atoms with Crippen LogP contribution in [0.2, 0.25) is 10.0 Å². The van der Waals surface area contributed by atoms with Crippen LogP contribution in [0.25, 0.3) is 11.1 Å². The number of carbonyl (C=O) groups is 1. The molecular weight excluding hydrogens is 515 g/mol. The van der Waals surface area contributed by atoms with Crippen molar-refractivity contribution >= 4 is 29.1 Å². The van der Waals surface area contributed by atoms with E-state index < -0.39 is 12.0 Å². The normalized spacial score (nSPS) is 16.7. The number of piperidine rings is 1. The van der Waals surface area contributed by atoms with Crippen LogP contribution in [0, 0.1) is 5.92 Å². The highest BCUT2D eigenvalue weighted by molar-refractivity contribution is 6.42. The lowest BCUT2D eigenvalue weighted by molar-refractivity contribution is -0.126. The largest absolute Gasteiger partial charge is 0.493 e. The summed E-state index contributed by atoms with van der Waals surface area (Å²) < 4.78 is 16.5. The van der Waals surface area contributed by atoms with Crippen LogP contribution in [0.3, 0.4) is 0 Å². The number of benzene rings is 2. The Morgan fingerprint density at radius 2 is 1.81 bits per heavy atom. The van der Waals surface area contributed by atoms with Gasteiger partial charge in [0.1, 0.15) is 0 Å². The van der Waals surface area contributed by atoms with E-state index >= 15 is 0 Å². The standard InChI is InChI=1S/C27H30Cl2N4O4/c1-35-23-8-6-19(12-24(23)36-2)20-13-31-27(32-14-20)37-25(26(30)34)11-17-4-3-9-33(15-17)16-18-5-7-21(28)22(29)10-18/h5-8,10,12-14,17,25H,3-4,9,11,15-16H2,1-2H3,(H2,30,34). The number of methoxy groups -OCH3 is 2. The second kappa shape index (κ2) is 12.4. The quantitative estimate of drug-likeness (QED) is 0.383. The molecule has 0 saturated carbocycles. The fourth-order valence-electron chi connectivity index (χ4n) is 4.58. The van der Waals surface area contributed by atoms with Crippen LogP contribution in [-0.4, -0.2) is 54.2 Å². The third-order valence-corrected chi connectivity index (χ3v) is 7.19. The highest BCUT2D eigenvalue weighted by Gasteiger charge is 2.28. The van der Waals surface area contributed by atoms with E-state index in [1.165, 1.54) is 0 Å². The SMILES string of the molecule is COc1ccc(-c2cnc(OC(CC3CCCN(Cc4ccc(Cl)c(Cl)c4)C3)C(N)=O)nc2)cc1OC. The van der Waals surface area contributed by atoms with Crippen LogP contribution in [-0.2, 0) is 11.3 Å². The summed E-state index contributed by atoms with van der Waals surface area (Å²) in [5.74, 6) is 0.957. The Hall–Kier alpha value is -3.07. The number of halogens is 2. The molecule has 2 aromatic carbocycles. The molecule has 37 heavy (non-hydrogen) atoms. The van der Waals surface area contributed by atoms with E-state index in [1.807, 2.05) is 36.4 Å². The van der Waals surface area contributed by atoms with Gasteiger partial charge in [-0.1, -0.05) is 35.3 Å². The second-order valence-electron chi connectivity index (χ2n) is 9.06. The Balaban J connectivity index is 1.38. The first-order valence-corrected chi connectivity index (χ1v) is 12.8. The van der Waals surface area contributed by atoms with Crippen molar-refractivity contribution in [1.29, 1.82) is 0 Å². The summed E-state index contributed by atoms with van der Waals surface area (Å²) in [5.41, 5.74) is 8.42. The van der Waals surface area contributed by atoms with Crippen molar-refractivity contribution in [2.45, 2.75) is 31.9 Å². The molecule has 1 amide bonds. The number of ether oxygens (including phenoxy) is 3. The Kier molecular flexibility index (Phi) is 9.08. The van der Waals surface area contributed by atoms with Crippen molar-refractivity contribution in [3.05, 3.63) is 64.4 Å². The second-order valence-corrected chi connectivity index (χ2v) is 9.87. The van der Waals surface area contributed by atoms with Gasteiger partial charge in [-0.3, -0.25) is 9.69 Å². The average Bonchev–Trinajstić information content (AvgIpc) is 2.90. The lowest BCUT2D eigenvalue weighted by atomic mass is 9.91. The van der Waals surface area contributed by atoms with E-state index in [1.54, 1.807) is 26.6 Å². The number of primary amides is 1. The maximum atomic E-state index is 12.2. The van der Waals surface area contributed by atoms with Crippen LogP contribution in [0.1, 0.15) is 24.8 Å². The molecule has 0 spiro atoms. The number of rotatable bonds is 10. The topological polar surface area (TPSA) is 99.8 Å². The van der Waals surface area contributed by atoms with Crippen molar-refractivity contribution in [3.8, 4) is 28.6 Å². The van der Waals surface area contributed by atoms with Gasteiger partial charge in [-0.2, -0.15) is 0 Å². The van der Waals surface area contributed by atoms with Crippen molar-refractivity contribution in [2.75, 3.05) is 27.3 Å². The highest BCUT2D eigenvalue weighted by Crippen LogP contribution is 2.32. The zero-order valence-corrected chi connectivity index (χ0v) is 22.3. The molecule has 0 aliphatic carbocycles. The van der Waals surface area contributed by atoms with Gasteiger partial charge in [0.15, 0.2) is 17.6 Å².